The molecule has 5 nitrogen and oxygen atoms in total. The van der Waals surface area contributed by atoms with Gasteiger partial charge in [0.1, 0.15) is 11.6 Å². The molecule has 1 aromatic heterocycles. The predicted octanol–water partition coefficient (Wildman–Crippen LogP) is 1.17. The van der Waals surface area contributed by atoms with Crippen molar-refractivity contribution >= 4 is 5.82 Å². The Hall–Kier alpha value is -1.36. The second kappa shape index (κ2) is 5.82. The second-order valence-corrected chi connectivity index (χ2v) is 4.37. The summed E-state index contributed by atoms with van der Waals surface area (Å²) in [5.41, 5.74) is -0.0914. The molecule has 5 heteroatoms. The maximum absolute atomic E-state index is 11.4. The van der Waals surface area contributed by atoms with Gasteiger partial charge in [0.2, 0.25) is 0 Å². The summed E-state index contributed by atoms with van der Waals surface area (Å²) in [6.07, 6.45) is 2.90. The Morgan fingerprint density at radius 3 is 3.00 bits per heavy atom. The molecule has 0 bridgehead atoms. The number of hydrogen-bond acceptors (Lipinski definition) is 4. The van der Waals surface area contributed by atoms with E-state index >= 15 is 0 Å². The number of nitrogens with one attached hydrogen (secondary N) is 2. The molecule has 2 heterocycles. The molecule has 1 aliphatic heterocycles. The summed E-state index contributed by atoms with van der Waals surface area (Å²) in [7, 11) is 0. The molecule has 0 radical (unpaired) electrons. The highest BCUT2D eigenvalue weighted by Crippen LogP contribution is 2.14. The average Bonchev–Trinajstić information content (AvgIpc) is 2.37. The van der Waals surface area contributed by atoms with Crippen molar-refractivity contribution in [1.29, 1.82) is 0 Å². The van der Waals surface area contributed by atoms with Gasteiger partial charge in [-0.2, -0.15) is 0 Å². The van der Waals surface area contributed by atoms with Crippen LogP contribution in [0.25, 0.3) is 0 Å². The van der Waals surface area contributed by atoms with Gasteiger partial charge in [-0.25, -0.2) is 4.98 Å². The van der Waals surface area contributed by atoms with Crippen molar-refractivity contribution in [2.75, 3.05) is 25.1 Å². The van der Waals surface area contributed by atoms with Crippen LogP contribution in [0.1, 0.15) is 25.6 Å². The van der Waals surface area contributed by atoms with Gasteiger partial charge in [0.15, 0.2) is 0 Å². The number of hydrogen-bond donors (Lipinski definition) is 2. The smallest absolute Gasteiger partial charge is 0.252 e. The van der Waals surface area contributed by atoms with E-state index < -0.39 is 0 Å². The van der Waals surface area contributed by atoms with Crippen molar-refractivity contribution in [2.45, 2.75) is 26.2 Å². The van der Waals surface area contributed by atoms with Crippen LogP contribution in [0.2, 0.25) is 0 Å². The molecule has 1 fully saturated rings. The standard InChI is InChI=1S/C12H19N3O2/c1-2-10-14-11(7-12(16)15-10)13-8-9-3-5-17-6-4-9/h7,9H,2-6,8H2,1H3,(H2,13,14,15,16). The van der Waals surface area contributed by atoms with Gasteiger partial charge in [0.25, 0.3) is 5.56 Å². The summed E-state index contributed by atoms with van der Waals surface area (Å²) in [6.45, 7) is 4.52. The quantitative estimate of drug-likeness (QED) is 0.825. The minimum Gasteiger partial charge on any atom is -0.381 e. The lowest BCUT2D eigenvalue weighted by Crippen LogP contribution is -2.23. The number of H-pyrrole nitrogens is 1. The predicted molar refractivity (Wildman–Crippen MR) is 66.3 cm³/mol. The van der Waals surface area contributed by atoms with E-state index in [1.54, 1.807) is 0 Å². The SMILES string of the molecule is CCc1nc(NCC2CCOCC2)cc(=O)[nH]1. The van der Waals surface area contributed by atoms with Gasteiger partial charge < -0.3 is 15.0 Å². The molecule has 2 rings (SSSR count). The molecule has 17 heavy (non-hydrogen) atoms. The van der Waals surface area contributed by atoms with E-state index in [1.807, 2.05) is 6.92 Å². The van der Waals surface area contributed by atoms with E-state index in [0.29, 0.717) is 11.7 Å². The van der Waals surface area contributed by atoms with E-state index in [0.717, 1.165) is 44.8 Å². The first-order chi connectivity index (χ1) is 8.28. The highest BCUT2D eigenvalue weighted by atomic mass is 16.5. The largest absolute Gasteiger partial charge is 0.381 e. The van der Waals surface area contributed by atoms with Crippen molar-refractivity contribution < 1.29 is 4.74 Å². The average molecular weight is 237 g/mol. The summed E-state index contributed by atoms with van der Waals surface area (Å²) < 4.78 is 5.31. The maximum atomic E-state index is 11.4. The van der Waals surface area contributed by atoms with Gasteiger partial charge in [-0.3, -0.25) is 4.79 Å². The molecule has 0 aliphatic carbocycles. The van der Waals surface area contributed by atoms with E-state index in [-0.39, 0.29) is 5.56 Å². The number of aryl methyl sites for hydroxylation is 1. The molecule has 1 saturated heterocycles. The molecule has 0 aromatic carbocycles. The molecular formula is C12H19N3O2. The van der Waals surface area contributed by atoms with Crippen molar-refractivity contribution in [3.63, 3.8) is 0 Å². The molecule has 0 spiro atoms. The molecule has 1 aromatic rings. The van der Waals surface area contributed by atoms with Crippen LogP contribution in [0, 0.1) is 5.92 Å². The molecule has 94 valence electrons. The van der Waals surface area contributed by atoms with Crippen molar-refractivity contribution in [2.24, 2.45) is 5.92 Å². The first kappa shape index (κ1) is 12.1. The minimum absolute atomic E-state index is 0.0914. The minimum atomic E-state index is -0.0914. The third-order valence-corrected chi connectivity index (χ3v) is 3.04. The summed E-state index contributed by atoms with van der Waals surface area (Å²) in [6, 6.07) is 1.51. The van der Waals surface area contributed by atoms with Gasteiger partial charge in [-0.1, -0.05) is 6.92 Å². The van der Waals surface area contributed by atoms with E-state index in [2.05, 4.69) is 15.3 Å². The van der Waals surface area contributed by atoms with Gasteiger partial charge in [-0.15, -0.1) is 0 Å². The summed E-state index contributed by atoms with van der Waals surface area (Å²) in [5.74, 6) is 2.03. The molecule has 0 saturated carbocycles. The topological polar surface area (TPSA) is 67.0 Å². The number of nitrogens with zero attached hydrogens (tertiary/aromatic N) is 1. The van der Waals surface area contributed by atoms with Crippen LogP contribution in [0.3, 0.4) is 0 Å². The highest BCUT2D eigenvalue weighted by Gasteiger charge is 2.13. The highest BCUT2D eigenvalue weighted by molar-refractivity contribution is 5.32. The van der Waals surface area contributed by atoms with Crippen molar-refractivity contribution in [3.8, 4) is 0 Å². The normalized spacial score (nSPS) is 17.0. The van der Waals surface area contributed by atoms with Crippen LogP contribution in [-0.4, -0.2) is 29.7 Å². The number of aromatic nitrogens is 2. The van der Waals surface area contributed by atoms with Crippen LogP contribution >= 0.6 is 0 Å². The fraction of sp³-hybridized carbons (Fsp3) is 0.667. The van der Waals surface area contributed by atoms with Crippen molar-refractivity contribution in [1.82, 2.24) is 9.97 Å². The molecule has 0 amide bonds. The Morgan fingerprint density at radius 2 is 2.29 bits per heavy atom. The number of anilines is 1. The molecule has 2 N–H and O–H groups in total. The molecule has 1 aliphatic rings. The van der Waals surface area contributed by atoms with E-state index in [9.17, 15) is 4.79 Å². The number of aromatic amines is 1. The lowest BCUT2D eigenvalue weighted by Gasteiger charge is -2.22. The van der Waals surface area contributed by atoms with Crippen LogP contribution in [0.5, 0.6) is 0 Å². The zero-order valence-electron chi connectivity index (χ0n) is 10.2. The van der Waals surface area contributed by atoms with Crippen LogP contribution in [-0.2, 0) is 11.2 Å². The van der Waals surface area contributed by atoms with Crippen molar-refractivity contribution in [3.05, 3.63) is 22.2 Å². The molecular weight excluding hydrogens is 218 g/mol. The maximum Gasteiger partial charge on any atom is 0.252 e. The monoisotopic (exact) mass is 237 g/mol. The lowest BCUT2D eigenvalue weighted by molar-refractivity contribution is 0.0699. The van der Waals surface area contributed by atoms with E-state index in [1.165, 1.54) is 6.07 Å². The summed E-state index contributed by atoms with van der Waals surface area (Å²) in [4.78, 5) is 18.4. The fourth-order valence-electron chi connectivity index (χ4n) is 1.97. The van der Waals surface area contributed by atoms with Crippen LogP contribution < -0.4 is 10.9 Å². The van der Waals surface area contributed by atoms with Crippen LogP contribution in [0.15, 0.2) is 10.9 Å². The van der Waals surface area contributed by atoms with Gasteiger partial charge in [-0.05, 0) is 18.8 Å². The number of rotatable bonds is 4. The van der Waals surface area contributed by atoms with Gasteiger partial charge in [0, 0.05) is 32.2 Å². The molecule has 0 atom stereocenters. The van der Waals surface area contributed by atoms with Gasteiger partial charge >= 0.3 is 0 Å². The Labute approximate surface area is 101 Å². The summed E-state index contributed by atoms with van der Waals surface area (Å²) in [5, 5.41) is 3.24. The fourth-order valence-corrected chi connectivity index (χ4v) is 1.97. The third-order valence-electron chi connectivity index (χ3n) is 3.04. The Balaban J connectivity index is 1.93. The van der Waals surface area contributed by atoms with Crippen LogP contribution in [0.4, 0.5) is 5.82 Å². The third kappa shape index (κ3) is 3.56. The Kier molecular flexibility index (Phi) is 4.14. The first-order valence-electron chi connectivity index (χ1n) is 6.19. The lowest BCUT2D eigenvalue weighted by atomic mass is 10.0. The Morgan fingerprint density at radius 1 is 1.53 bits per heavy atom. The second-order valence-electron chi connectivity index (χ2n) is 4.37. The Bertz CT molecular complexity index is 410. The number of ether oxygens (including phenoxy) is 1. The molecule has 0 unspecified atom stereocenters. The first-order valence-corrected chi connectivity index (χ1v) is 6.19. The van der Waals surface area contributed by atoms with E-state index in [4.69, 9.17) is 4.74 Å². The zero-order valence-corrected chi connectivity index (χ0v) is 10.2. The zero-order chi connectivity index (χ0) is 12.1. The summed E-state index contributed by atoms with van der Waals surface area (Å²) >= 11 is 0. The van der Waals surface area contributed by atoms with Gasteiger partial charge in [0.05, 0.1) is 0 Å².